The standard InChI is InChI=1S/C13H20FNS/c1-4-10(3)16-13-8-6-7-12(14)11(13)9-15-5-2/h6-8,10,15H,4-5,9H2,1-3H3. The van der Waals surface area contributed by atoms with Gasteiger partial charge in [0.25, 0.3) is 0 Å². The third kappa shape index (κ3) is 3.80. The van der Waals surface area contributed by atoms with Gasteiger partial charge in [-0.2, -0.15) is 0 Å². The lowest BCUT2D eigenvalue weighted by atomic mass is 10.2. The maximum Gasteiger partial charge on any atom is 0.128 e. The molecule has 0 aliphatic rings. The Morgan fingerprint density at radius 2 is 2.12 bits per heavy atom. The van der Waals surface area contributed by atoms with E-state index in [-0.39, 0.29) is 5.82 Å². The molecule has 3 heteroatoms. The highest BCUT2D eigenvalue weighted by Gasteiger charge is 2.10. The van der Waals surface area contributed by atoms with Crippen LogP contribution in [0.4, 0.5) is 4.39 Å². The van der Waals surface area contributed by atoms with Crippen LogP contribution in [0.15, 0.2) is 23.1 Å². The largest absolute Gasteiger partial charge is 0.313 e. The van der Waals surface area contributed by atoms with Crippen molar-refractivity contribution in [2.24, 2.45) is 0 Å². The highest BCUT2D eigenvalue weighted by Crippen LogP contribution is 2.29. The first-order valence-corrected chi connectivity index (χ1v) is 6.71. The summed E-state index contributed by atoms with van der Waals surface area (Å²) in [5.74, 6) is -0.103. The normalized spacial score (nSPS) is 12.8. The van der Waals surface area contributed by atoms with Crippen molar-refractivity contribution in [1.82, 2.24) is 5.32 Å². The molecule has 0 heterocycles. The van der Waals surface area contributed by atoms with E-state index < -0.39 is 0 Å². The molecule has 0 amide bonds. The molecule has 0 saturated carbocycles. The van der Waals surface area contributed by atoms with Crippen LogP contribution < -0.4 is 5.32 Å². The lowest BCUT2D eigenvalue weighted by molar-refractivity contribution is 0.585. The number of thioether (sulfide) groups is 1. The van der Waals surface area contributed by atoms with Crippen molar-refractivity contribution in [3.8, 4) is 0 Å². The molecule has 0 bridgehead atoms. The van der Waals surface area contributed by atoms with E-state index >= 15 is 0 Å². The number of benzene rings is 1. The molecule has 0 fully saturated rings. The first-order chi connectivity index (χ1) is 7.69. The first-order valence-electron chi connectivity index (χ1n) is 5.83. The average molecular weight is 241 g/mol. The fourth-order valence-electron chi connectivity index (χ4n) is 1.37. The summed E-state index contributed by atoms with van der Waals surface area (Å²) in [4.78, 5) is 1.07. The van der Waals surface area contributed by atoms with Gasteiger partial charge >= 0.3 is 0 Å². The molecule has 1 rings (SSSR count). The second-order valence-electron chi connectivity index (χ2n) is 3.83. The van der Waals surface area contributed by atoms with Crippen molar-refractivity contribution >= 4 is 11.8 Å². The molecule has 1 unspecified atom stereocenters. The van der Waals surface area contributed by atoms with E-state index in [1.807, 2.05) is 13.0 Å². The molecule has 0 saturated heterocycles. The molecule has 90 valence electrons. The minimum Gasteiger partial charge on any atom is -0.313 e. The zero-order chi connectivity index (χ0) is 12.0. The SMILES string of the molecule is CCNCc1c(F)cccc1SC(C)CC. The van der Waals surface area contributed by atoms with E-state index in [1.54, 1.807) is 17.8 Å². The lowest BCUT2D eigenvalue weighted by Crippen LogP contribution is -2.14. The topological polar surface area (TPSA) is 12.0 Å². The van der Waals surface area contributed by atoms with Crippen molar-refractivity contribution in [1.29, 1.82) is 0 Å². The van der Waals surface area contributed by atoms with Crippen molar-refractivity contribution in [3.63, 3.8) is 0 Å². The zero-order valence-corrected chi connectivity index (χ0v) is 11.0. The quantitative estimate of drug-likeness (QED) is 0.760. The summed E-state index contributed by atoms with van der Waals surface area (Å²) in [6, 6.07) is 5.33. The number of nitrogens with one attached hydrogen (secondary N) is 1. The van der Waals surface area contributed by atoms with Crippen LogP contribution >= 0.6 is 11.8 Å². The van der Waals surface area contributed by atoms with E-state index in [2.05, 4.69) is 19.2 Å². The van der Waals surface area contributed by atoms with Crippen LogP contribution in [-0.2, 0) is 6.54 Å². The van der Waals surface area contributed by atoms with Gasteiger partial charge in [-0.3, -0.25) is 0 Å². The Morgan fingerprint density at radius 3 is 2.75 bits per heavy atom. The van der Waals surface area contributed by atoms with Gasteiger partial charge in [-0.25, -0.2) is 4.39 Å². The molecule has 0 radical (unpaired) electrons. The molecule has 0 spiro atoms. The predicted molar refractivity (Wildman–Crippen MR) is 69.4 cm³/mol. The third-order valence-electron chi connectivity index (χ3n) is 2.53. The molecular formula is C13H20FNS. The van der Waals surface area contributed by atoms with Gasteiger partial charge in [0.05, 0.1) is 0 Å². The first kappa shape index (κ1) is 13.5. The summed E-state index contributed by atoms with van der Waals surface area (Å²) in [5.41, 5.74) is 0.801. The van der Waals surface area contributed by atoms with E-state index in [0.717, 1.165) is 23.4 Å². The molecular weight excluding hydrogens is 221 g/mol. The summed E-state index contributed by atoms with van der Waals surface area (Å²) in [6.07, 6.45) is 1.10. The molecule has 1 aromatic rings. The van der Waals surface area contributed by atoms with Crippen LogP contribution in [0.2, 0.25) is 0 Å². The van der Waals surface area contributed by atoms with Crippen LogP contribution in [0.1, 0.15) is 32.8 Å². The second kappa shape index (κ2) is 6.92. The van der Waals surface area contributed by atoms with Gasteiger partial charge in [-0.05, 0) is 25.1 Å². The summed E-state index contributed by atoms with van der Waals surface area (Å²) < 4.78 is 13.7. The Hall–Kier alpha value is -0.540. The number of halogens is 1. The smallest absolute Gasteiger partial charge is 0.128 e. The molecule has 0 aliphatic heterocycles. The Bertz CT molecular complexity index is 328. The Labute approximate surface area is 102 Å². The molecule has 1 atom stereocenters. The molecule has 16 heavy (non-hydrogen) atoms. The van der Waals surface area contributed by atoms with Crippen molar-refractivity contribution < 1.29 is 4.39 Å². The zero-order valence-electron chi connectivity index (χ0n) is 10.2. The second-order valence-corrected chi connectivity index (χ2v) is 5.31. The van der Waals surface area contributed by atoms with Crippen LogP contribution in [0.3, 0.4) is 0 Å². The Balaban J connectivity index is 2.84. The van der Waals surface area contributed by atoms with Gasteiger partial charge in [0, 0.05) is 22.3 Å². The summed E-state index contributed by atoms with van der Waals surface area (Å²) >= 11 is 1.75. The maximum absolute atomic E-state index is 13.7. The Morgan fingerprint density at radius 1 is 1.38 bits per heavy atom. The minimum atomic E-state index is -0.103. The fourth-order valence-corrected chi connectivity index (χ4v) is 2.44. The monoisotopic (exact) mass is 241 g/mol. The summed E-state index contributed by atoms with van der Waals surface area (Å²) in [5, 5.41) is 3.71. The third-order valence-corrected chi connectivity index (χ3v) is 3.90. The van der Waals surface area contributed by atoms with E-state index in [9.17, 15) is 4.39 Å². The number of hydrogen-bond acceptors (Lipinski definition) is 2. The van der Waals surface area contributed by atoms with E-state index in [0.29, 0.717) is 11.8 Å². The van der Waals surface area contributed by atoms with Crippen molar-refractivity contribution in [2.75, 3.05) is 6.54 Å². The maximum atomic E-state index is 13.7. The highest BCUT2D eigenvalue weighted by atomic mass is 32.2. The summed E-state index contributed by atoms with van der Waals surface area (Å²) in [7, 11) is 0. The van der Waals surface area contributed by atoms with Gasteiger partial charge in [0.1, 0.15) is 5.82 Å². The molecule has 1 nitrogen and oxygen atoms in total. The van der Waals surface area contributed by atoms with Gasteiger partial charge in [0.15, 0.2) is 0 Å². The van der Waals surface area contributed by atoms with Crippen LogP contribution in [0.5, 0.6) is 0 Å². The summed E-state index contributed by atoms with van der Waals surface area (Å²) in [6.45, 7) is 7.83. The van der Waals surface area contributed by atoms with Crippen LogP contribution in [0, 0.1) is 5.82 Å². The van der Waals surface area contributed by atoms with Gasteiger partial charge in [0.2, 0.25) is 0 Å². The van der Waals surface area contributed by atoms with Gasteiger partial charge < -0.3 is 5.32 Å². The minimum absolute atomic E-state index is 0.103. The predicted octanol–water partition coefficient (Wildman–Crippen LogP) is 3.83. The van der Waals surface area contributed by atoms with Crippen molar-refractivity contribution in [3.05, 3.63) is 29.6 Å². The molecule has 1 aromatic carbocycles. The average Bonchev–Trinajstić information content (AvgIpc) is 2.28. The van der Waals surface area contributed by atoms with E-state index in [4.69, 9.17) is 0 Å². The van der Waals surface area contributed by atoms with Gasteiger partial charge in [-0.1, -0.05) is 26.8 Å². The molecule has 0 aliphatic carbocycles. The molecule has 1 N–H and O–H groups in total. The number of rotatable bonds is 6. The van der Waals surface area contributed by atoms with Crippen molar-refractivity contribution in [2.45, 2.75) is 43.9 Å². The van der Waals surface area contributed by atoms with Crippen LogP contribution in [-0.4, -0.2) is 11.8 Å². The lowest BCUT2D eigenvalue weighted by Gasteiger charge is -2.13. The van der Waals surface area contributed by atoms with Gasteiger partial charge in [-0.15, -0.1) is 11.8 Å². The number of hydrogen-bond donors (Lipinski definition) is 1. The molecule has 0 aromatic heterocycles. The fraction of sp³-hybridized carbons (Fsp3) is 0.538. The highest BCUT2D eigenvalue weighted by molar-refractivity contribution is 8.00. The van der Waals surface area contributed by atoms with E-state index in [1.165, 1.54) is 6.07 Å². The van der Waals surface area contributed by atoms with Crippen LogP contribution in [0.25, 0.3) is 0 Å². The Kier molecular flexibility index (Phi) is 5.85.